The Morgan fingerprint density at radius 1 is 1.05 bits per heavy atom. The maximum absolute atomic E-state index is 11.8. The Kier molecular flexibility index (Phi) is 5.04. The van der Waals surface area contributed by atoms with E-state index >= 15 is 0 Å². The highest BCUT2D eigenvalue weighted by molar-refractivity contribution is 5.93. The molecule has 5 nitrogen and oxygen atoms in total. The maximum atomic E-state index is 11.8. The van der Waals surface area contributed by atoms with Crippen molar-refractivity contribution in [3.05, 3.63) is 54.9 Å². The van der Waals surface area contributed by atoms with E-state index in [4.69, 9.17) is 0 Å². The minimum Gasteiger partial charge on any atom is -0.338 e. The molecule has 0 atom stereocenters. The molecule has 1 heterocycles. The van der Waals surface area contributed by atoms with Gasteiger partial charge in [-0.1, -0.05) is 30.3 Å². The fourth-order valence-electron chi connectivity index (χ4n) is 1.96. The second-order valence-corrected chi connectivity index (χ2v) is 4.54. The van der Waals surface area contributed by atoms with Crippen molar-refractivity contribution in [2.24, 2.45) is 0 Å². The van der Waals surface area contributed by atoms with Crippen molar-refractivity contribution < 1.29 is 14.2 Å². The Morgan fingerprint density at radius 2 is 1.76 bits per heavy atom. The van der Waals surface area contributed by atoms with E-state index in [0.717, 1.165) is 11.1 Å². The predicted octanol–water partition coefficient (Wildman–Crippen LogP) is 1.49. The first-order valence-electron chi connectivity index (χ1n) is 6.81. The Balaban J connectivity index is 2.05. The summed E-state index contributed by atoms with van der Waals surface area (Å²) in [5.41, 5.74) is 2.10. The summed E-state index contributed by atoms with van der Waals surface area (Å²) in [5, 5.41) is 4.80. The van der Waals surface area contributed by atoms with Crippen LogP contribution in [0, 0.1) is 0 Å². The Hall–Kier alpha value is -2.69. The largest absolute Gasteiger partial charge is 0.338 e. The molecule has 108 valence electrons. The van der Waals surface area contributed by atoms with Crippen molar-refractivity contribution >= 4 is 11.9 Å². The number of amides is 3. The van der Waals surface area contributed by atoms with Gasteiger partial charge in [0.15, 0.2) is 12.4 Å². The van der Waals surface area contributed by atoms with Crippen molar-refractivity contribution in [3.63, 3.8) is 0 Å². The minimum atomic E-state index is -0.470. The van der Waals surface area contributed by atoms with Crippen molar-refractivity contribution in [2.75, 3.05) is 6.54 Å². The number of benzene rings is 1. The van der Waals surface area contributed by atoms with E-state index in [-0.39, 0.29) is 12.5 Å². The lowest BCUT2D eigenvalue weighted by atomic mass is 10.1. The number of imide groups is 1. The molecular weight excluding hydrogens is 266 g/mol. The lowest BCUT2D eigenvalue weighted by Crippen LogP contribution is -2.47. The van der Waals surface area contributed by atoms with Crippen molar-refractivity contribution in [2.45, 2.75) is 13.5 Å². The van der Waals surface area contributed by atoms with E-state index in [0.29, 0.717) is 6.54 Å². The van der Waals surface area contributed by atoms with E-state index in [1.807, 2.05) is 48.7 Å². The molecule has 0 fully saturated rings. The molecule has 0 aliphatic carbocycles. The molecule has 0 aliphatic heterocycles. The van der Waals surface area contributed by atoms with E-state index in [1.165, 1.54) is 0 Å². The van der Waals surface area contributed by atoms with Gasteiger partial charge < -0.3 is 5.32 Å². The van der Waals surface area contributed by atoms with Gasteiger partial charge in [-0.2, -0.15) is 4.57 Å². The van der Waals surface area contributed by atoms with Crippen molar-refractivity contribution in [3.8, 4) is 11.1 Å². The zero-order chi connectivity index (χ0) is 15.1. The van der Waals surface area contributed by atoms with Crippen molar-refractivity contribution in [1.29, 1.82) is 0 Å². The highest BCUT2D eigenvalue weighted by Crippen LogP contribution is 2.15. The fraction of sp³-hybridized carbons (Fsp3) is 0.188. The summed E-state index contributed by atoms with van der Waals surface area (Å²) in [4.78, 5) is 23.0. The quantitative estimate of drug-likeness (QED) is 0.836. The second kappa shape index (κ2) is 7.19. The number of hydrogen-bond acceptors (Lipinski definition) is 2. The Bertz CT molecular complexity index is 626. The number of carbonyl (C=O) groups is 2. The van der Waals surface area contributed by atoms with Crippen LogP contribution in [0.5, 0.6) is 0 Å². The average molecular weight is 284 g/mol. The molecule has 0 aliphatic rings. The van der Waals surface area contributed by atoms with Gasteiger partial charge in [0.25, 0.3) is 5.91 Å². The molecule has 1 aromatic heterocycles. The number of nitrogens with zero attached hydrogens (tertiary/aromatic N) is 1. The van der Waals surface area contributed by atoms with Crippen LogP contribution in [0.2, 0.25) is 0 Å². The Morgan fingerprint density at radius 3 is 2.48 bits per heavy atom. The topological polar surface area (TPSA) is 62.1 Å². The van der Waals surface area contributed by atoms with Gasteiger partial charge in [-0.15, -0.1) is 0 Å². The Labute approximate surface area is 123 Å². The molecule has 3 amide bonds. The van der Waals surface area contributed by atoms with Gasteiger partial charge in [-0.3, -0.25) is 10.1 Å². The van der Waals surface area contributed by atoms with Gasteiger partial charge in [-0.05, 0) is 18.6 Å². The second-order valence-electron chi connectivity index (χ2n) is 4.54. The lowest BCUT2D eigenvalue weighted by molar-refractivity contribution is -0.683. The summed E-state index contributed by atoms with van der Waals surface area (Å²) in [7, 11) is 0. The van der Waals surface area contributed by atoms with Crippen LogP contribution in [0.15, 0.2) is 54.9 Å². The first kappa shape index (κ1) is 14.7. The summed E-state index contributed by atoms with van der Waals surface area (Å²) in [6.45, 7) is 2.37. The van der Waals surface area contributed by atoms with E-state index in [2.05, 4.69) is 10.6 Å². The zero-order valence-corrected chi connectivity index (χ0v) is 11.9. The monoisotopic (exact) mass is 284 g/mol. The lowest BCUT2D eigenvalue weighted by Gasteiger charge is -2.03. The van der Waals surface area contributed by atoms with Crippen LogP contribution in [-0.2, 0) is 11.3 Å². The van der Waals surface area contributed by atoms with Crippen LogP contribution in [-0.4, -0.2) is 18.5 Å². The van der Waals surface area contributed by atoms with Gasteiger partial charge >= 0.3 is 6.03 Å². The standard InChI is InChI=1S/C16H17N3O2/c1-2-17-16(21)18-15(20)12-19-10-6-9-14(11-19)13-7-4-3-5-8-13/h3-11H,2,12H2,1H3,(H-,17,18,20,21)/p+1. The summed E-state index contributed by atoms with van der Waals surface area (Å²) in [6.07, 6.45) is 3.68. The van der Waals surface area contributed by atoms with Crippen LogP contribution in [0.1, 0.15) is 6.92 Å². The maximum Gasteiger partial charge on any atom is 0.321 e. The third-order valence-corrected chi connectivity index (χ3v) is 2.88. The molecule has 5 heteroatoms. The summed E-state index contributed by atoms with van der Waals surface area (Å²) in [5.74, 6) is -0.351. The van der Waals surface area contributed by atoms with Crippen LogP contribution in [0.25, 0.3) is 11.1 Å². The first-order valence-corrected chi connectivity index (χ1v) is 6.81. The van der Waals surface area contributed by atoms with E-state index in [9.17, 15) is 9.59 Å². The zero-order valence-electron chi connectivity index (χ0n) is 11.9. The number of aromatic nitrogens is 1. The van der Waals surface area contributed by atoms with Gasteiger partial charge in [0.2, 0.25) is 6.54 Å². The van der Waals surface area contributed by atoms with Crippen LogP contribution < -0.4 is 15.2 Å². The van der Waals surface area contributed by atoms with Gasteiger partial charge in [0, 0.05) is 18.2 Å². The van der Waals surface area contributed by atoms with E-state index in [1.54, 1.807) is 17.7 Å². The highest BCUT2D eigenvalue weighted by Gasteiger charge is 2.13. The highest BCUT2D eigenvalue weighted by atomic mass is 16.2. The number of nitrogens with one attached hydrogen (secondary N) is 2. The smallest absolute Gasteiger partial charge is 0.321 e. The molecule has 0 radical (unpaired) electrons. The predicted molar refractivity (Wildman–Crippen MR) is 79.3 cm³/mol. The average Bonchev–Trinajstić information content (AvgIpc) is 2.48. The molecule has 2 rings (SSSR count). The summed E-state index contributed by atoms with van der Waals surface area (Å²) in [6, 6.07) is 13.3. The van der Waals surface area contributed by atoms with Gasteiger partial charge in [0.05, 0.1) is 0 Å². The molecule has 21 heavy (non-hydrogen) atoms. The normalized spacial score (nSPS) is 9.95. The van der Waals surface area contributed by atoms with Crippen LogP contribution in [0.3, 0.4) is 0 Å². The summed E-state index contributed by atoms with van der Waals surface area (Å²) < 4.78 is 1.75. The molecule has 1 aromatic carbocycles. The minimum absolute atomic E-state index is 0.0950. The molecule has 2 aromatic rings. The number of urea groups is 1. The van der Waals surface area contributed by atoms with Gasteiger partial charge in [-0.25, -0.2) is 4.79 Å². The molecule has 0 saturated heterocycles. The van der Waals surface area contributed by atoms with Crippen LogP contribution in [0.4, 0.5) is 4.79 Å². The molecule has 0 spiro atoms. The third kappa shape index (κ3) is 4.42. The van der Waals surface area contributed by atoms with Crippen molar-refractivity contribution in [1.82, 2.24) is 10.6 Å². The SMILES string of the molecule is CCNC(=O)NC(=O)C[n+]1cccc(-c2ccccc2)c1. The number of rotatable bonds is 4. The van der Waals surface area contributed by atoms with Gasteiger partial charge in [0.1, 0.15) is 0 Å². The number of hydrogen-bond donors (Lipinski definition) is 2. The third-order valence-electron chi connectivity index (χ3n) is 2.88. The van der Waals surface area contributed by atoms with E-state index < -0.39 is 6.03 Å². The number of carbonyl (C=O) groups excluding carboxylic acids is 2. The molecule has 2 N–H and O–H groups in total. The first-order chi connectivity index (χ1) is 10.2. The molecule has 0 unspecified atom stereocenters. The molecule has 0 bridgehead atoms. The molecule has 0 saturated carbocycles. The molecular formula is C16H18N3O2+. The fourth-order valence-corrected chi connectivity index (χ4v) is 1.96. The number of pyridine rings is 1. The van der Waals surface area contributed by atoms with Crippen LogP contribution >= 0.6 is 0 Å². The summed E-state index contributed by atoms with van der Waals surface area (Å²) >= 11 is 0.